The fraction of sp³-hybridized carbons (Fsp3) is 0.571. The number of benzene rings is 1. The summed E-state index contributed by atoms with van der Waals surface area (Å²) in [6.07, 6.45) is 0. The molecule has 0 radical (unpaired) electrons. The summed E-state index contributed by atoms with van der Waals surface area (Å²) < 4.78 is 11.0. The van der Waals surface area contributed by atoms with Gasteiger partial charge in [0.2, 0.25) is 0 Å². The lowest BCUT2D eigenvalue weighted by atomic mass is 10.2. The molecule has 1 rings (SSSR count). The molecule has 0 atom stereocenters. The Morgan fingerprint density at radius 2 is 1.71 bits per heavy atom. The molecule has 96 valence electrons. The van der Waals surface area contributed by atoms with Crippen molar-refractivity contribution in [1.82, 2.24) is 0 Å². The van der Waals surface area contributed by atoms with Crippen LogP contribution in [-0.2, 0) is 9.47 Å². The second kappa shape index (κ2) is 7.30. The third-order valence-corrected chi connectivity index (χ3v) is 2.11. The van der Waals surface area contributed by atoms with Gasteiger partial charge in [-0.3, -0.25) is 0 Å². The van der Waals surface area contributed by atoms with Gasteiger partial charge in [-0.05, 0) is 32.9 Å². The largest absolute Gasteiger partial charge is 0.383 e. The van der Waals surface area contributed by atoms with Gasteiger partial charge in [-0.25, -0.2) is 0 Å². The maximum absolute atomic E-state index is 5.55. The normalized spacial score (nSPS) is 11.5. The van der Waals surface area contributed by atoms with Crippen LogP contribution in [0.15, 0.2) is 30.3 Å². The summed E-state index contributed by atoms with van der Waals surface area (Å²) in [5.41, 5.74) is 1.05. The molecule has 0 aromatic heterocycles. The Hall–Kier alpha value is -1.06. The van der Waals surface area contributed by atoms with Gasteiger partial charge in [0.05, 0.1) is 25.4 Å². The van der Waals surface area contributed by atoms with Gasteiger partial charge < -0.3 is 14.8 Å². The number of para-hydroxylation sites is 1. The minimum Gasteiger partial charge on any atom is -0.383 e. The first-order valence-corrected chi connectivity index (χ1v) is 6.08. The molecular formula is C14H23NO2. The molecule has 0 aliphatic carbocycles. The maximum atomic E-state index is 5.55. The average Bonchev–Trinajstić information content (AvgIpc) is 2.28. The quantitative estimate of drug-likeness (QED) is 0.740. The topological polar surface area (TPSA) is 30.5 Å². The molecule has 0 saturated carbocycles. The van der Waals surface area contributed by atoms with Gasteiger partial charge in [0, 0.05) is 12.2 Å². The van der Waals surface area contributed by atoms with E-state index in [-0.39, 0.29) is 5.60 Å². The molecule has 17 heavy (non-hydrogen) atoms. The van der Waals surface area contributed by atoms with Crippen molar-refractivity contribution >= 4 is 5.69 Å². The van der Waals surface area contributed by atoms with Gasteiger partial charge in [-0.1, -0.05) is 18.2 Å². The van der Waals surface area contributed by atoms with Crippen molar-refractivity contribution in [2.75, 3.05) is 31.7 Å². The molecule has 0 spiro atoms. The second-order valence-corrected chi connectivity index (χ2v) is 4.87. The van der Waals surface area contributed by atoms with Crippen molar-refractivity contribution in [3.63, 3.8) is 0 Å². The van der Waals surface area contributed by atoms with E-state index in [1.165, 1.54) is 0 Å². The Kier molecular flexibility index (Phi) is 6.01. The van der Waals surface area contributed by atoms with E-state index in [4.69, 9.17) is 9.47 Å². The first-order chi connectivity index (χ1) is 8.08. The zero-order valence-corrected chi connectivity index (χ0v) is 11.0. The number of hydrogen-bond donors (Lipinski definition) is 1. The van der Waals surface area contributed by atoms with E-state index in [0.717, 1.165) is 12.2 Å². The smallest absolute Gasteiger partial charge is 0.0707 e. The van der Waals surface area contributed by atoms with Crippen LogP contribution in [0.5, 0.6) is 0 Å². The highest BCUT2D eigenvalue weighted by atomic mass is 16.5. The van der Waals surface area contributed by atoms with Crippen LogP contribution in [0.3, 0.4) is 0 Å². The van der Waals surface area contributed by atoms with Crippen LogP contribution in [0.2, 0.25) is 0 Å². The van der Waals surface area contributed by atoms with E-state index in [2.05, 4.69) is 5.32 Å². The Labute approximate surface area is 104 Å². The number of ether oxygens (including phenoxy) is 2. The lowest BCUT2D eigenvalue weighted by molar-refractivity contribution is -0.0335. The summed E-state index contributed by atoms with van der Waals surface area (Å²) in [4.78, 5) is 0. The molecule has 0 amide bonds. The highest BCUT2D eigenvalue weighted by Gasteiger charge is 2.08. The summed E-state index contributed by atoms with van der Waals surface area (Å²) in [6, 6.07) is 10.1. The first kappa shape index (κ1) is 14.0. The molecule has 0 unspecified atom stereocenters. The van der Waals surface area contributed by atoms with Gasteiger partial charge in [-0.15, -0.1) is 0 Å². The molecule has 1 aromatic rings. The minimum atomic E-state index is -0.0777. The van der Waals surface area contributed by atoms with E-state index < -0.39 is 0 Å². The standard InChI is InChI=1S/C14H23NO2/c1-14(2,3)17-12-11-16-10-9-15-13-7-5-4-6-8-13/h4-8,15H,9-12H2,1-3H3. The predicted molar refractivity (Wildman–Crippen MR) is 71.5 cm³/mol. The van der Waals surface area contributed by atoms with Gasteiger partial charge in [-0.2, -0.15) is 0 Å². The number of nitrogens with one attached hydrogen (secondary N) is 1. The summed E-state index contributed by atoms with van der Waals surface area (Å²) in [5, 5.41) is 3.29. The molecule has 0 heterocycles. The summed E-state index contributed by atoms with van der Waals surface area (Å²) >= 11 is 0. The SMILES string of the molecule is CC(C)(C)OCCOCCNc1ccccc1. The molecule has 3 heteroatoms. The lowest BCUT2D eigenvalue weighted by Gasteiger charge is -2.19. The van der Waals surface area contributed by atoms with Gasteiger partial charge in [0.15, 0.2) is 0 Å². The highest BCUT2D eigenvalue weighted by Crippen LogP contribution is 2.06. The monoisotopic (exact) mass is 237 g/mol. The number of rotatable bonds is 7. The molecule has 1 N–H and O–H groups in total. The molecule has 0 bridgehead atoms. The summed E-state index contributed by atoms with van der Waals surface area (Å²) in [7, 11) is 0. The molecule has 3 nitrogen and oxygen atoms in total. The van der Waals surface area contributed by atoms with Gasteiger partial charge >= 0.3 is 0 Å². The zero-order valence-electron chi connectivity index (χ0n) is 11.0. The van der Waals surface area contributed by atoms with Crippen molar-refractivity contribution in [2.24, 2.45) is 0 Å². The van der Waals surface area contributed by atoms with Crippen LogP contribution < -0.4 is 5.32 Å². The van der Waals surface area contributed by atoms with E-state index in [9.17, 15) is 0 Å². The Balaban J connectivity index is 1.95. The molecule has 1 aromatic carbocycles. The first-order valence-electron chi connectivity index (χ1n) is 6.08. The molecule has 0 saturated heterocycles. The van der Waals surface area contributed by atoms with E-state index in [1.54, 1.807) is 0 Å². The van der Waals surface area contributed by atoms with Crippen LogP contribution in [0.25, 0.3) is 0 Å². The van der Waals surface area contributed by atoms with Crippen LogP contribution >= 0.6 is 0 Å². The maximum Gasteiger partial charge on any atom is 0.0707 e. The van der Waals surface area contributed by atoms with E-state index >= 15 is 0 Å². The fourth-order valence-electron chi connectivity index (χ4n) is 1.33. The molecule has 0 aliphatic rings. The number of hydrogen-bond acceptors (Lipinski definition) is 3. The van der Waals surface area contributed by atoms with E-state index in [1.807, 2.05) is 51.1 Å². The summed E-state index contributed by atoms with van der Waals surface area (Å²) in [5.74, 6) is 0. The molecular weight excluding hydrogens is 214 g/mol. The summed E-state index contributed by atoms with van der Waals surface area (Å²) in [6.45, 7) is 8.95. The predicted octanol–water partition coefficient (Wildman–Crippen LogP) is 2.93. The Morgan fingerprint density at radius 1 is 1.00 bits per heavy atom. The van der Waals surface area contributed by atoms with Crippen LogP contribution in [0, 0.1) is 0 Å². The third-order valence-electron chi connectivity index (χ3n) is 2.11. The lowest BCUT2D eigenvalue weighted by Crippen LogP contribution is -2.22. The fourth-order valence-corrected chi connectivity index (χ4v) is 1.33. The van der Waals surface area contributed by atoms with Crippen LogP contribution in [0.4, 0.5) is 5.69 Å². The van der Waals surface area contributed by atoms with Crippen LogP contribution in [-0.4, -0.2) is 32.0 Å². The Bertz CT molecular complexity index is 293. The molecule has 0 aliphatic heterocycles. The second-order valence-electron chi connectivity index (χ2n) is 4.87. The van der Waals surface area contributed by atoms with Crippen LogP contribution in [0.1, 0.15) is 20.8 Å². The van der Waals surface area contributed by atoms with Crippen molar-refractivity contribution in [1.29, 1.82) is 0 Å². The highest BCUT2D eigenvalue weighted by molar-refractivity contribution is 5.42. The average molecular weight is 237 g/mol. The zero-order chi connectivity index (χ0) is 12.6. The van der Waals surface area contributed by atoms with Crippen molar-refractivity contribution in [3.8, 4) is 0 Å². The van der Waals surface area contributed by atoms with Crippen molar-refractivity contribution < 1.29 is 9.47 Å². The minimum absolute atomic E-state index is 0.0777. The third kappa shape index (κ3) is 7.77. The van der Waals surface area contributed by atoms with Gasteiger partial charge in [0.1, 0.15) is 0 Å². The number of anilines is 1. The van der Waals surface area contributed by atoms with E-state index in [0.29, 0.717) is 19.8 Å². The molecule has 0 fully saturated rings. The van der Waals surface area contributed by atoms with Crippen molar-refractivity contribution in [2.45, 2.75) is 26.4 Å². The van der Waals surface area contributed by atoms with Crippen molar-refractivity contribution in [3.05, 3.63) is 30.3 Å². The Morgan fingerprint density at radius 3 is 2.35 bits per heavy atom. The van der Waals surface area contributed by atoms with Gasteiger partial charge in [0.25, 0.3) is 0 Å².